The van der Waals surface area contributed by atoms with E-state index >= 15 is 0 Å². The van der Waals surface area contributed by atoms with Crippen molar-refractivity contribution in [3.8, 4) is 0 Å². The SMILES string of the molecule is CNC(C)c1ccc(NS(=O)(=O)c2cc(C)c(Cl)s2)cc1. The number of aryl methyl sites for hydroxylation is 1. The summed E-state index contributed by atoms with van der Waals surface area (Å²) in [5.41, 5.74) is 2.39. The summed E-state index contributed by atoms with van der Waals surface area (Å²) >= 11 is 6.99. The molecule has 0 saturated heterocycles. The molecule has 114 valence electrons. The molecular formula is C14H17ClN2O2S2. The lowest BCUT2D eigenvalue weighted by atomic mass is 10.1. The molecule has 1 aromatic heterocycles. The first-order chi connectivity index (χ1) is 9.83. The van der Waals surface area contributed by atoms with E-state index in [9.17, 15) is 8.42 Å². The van der Waals surface area contributed by atoms with Crippen LogP contribution in [0.25, 0.3) is 0 Å². The third-order valence-corrected chi connectivity index (χ3v) is 6.61. The average molecular weight is 345 g/mol. The lowest BCUT2D eigenvalue weighted by Crippen LogP contribution is -2.13. The van der Waals surface area contributed by atoms with Gasteiger partial charge in [0, 0.05) is 11.7 Å². The molecule has 0 saturated carbocycles. The molecule has 21 heavy (non-hydrogen) atoms. The maximum absolute atomic E-state index is 12.3. The van der Waals surface area contributed by atoms with Crippen molar-refractivity contribution in [3.05, 3.63) is 45.8 Å². The van der Waals surface area contributed by atoms with Gasteiger partial charge < -0.3 is 5.32 Å². The summed E-state index contributed by atoms with van der Waals surface area (Å²) in [5, 5.41) is 3.13. The normalized spacial score (nSPS) is 13.1. The maximum Gasteiger partial charge on any atom is 0.271 e. The molecule has 0 bridgehead atoms. The van der Waals surface area contributed by atoms with Crippen molar-refractivity contribution < 1.29 is 8.42 Å². The molecule has 1 aromatic carbocycles. The first-order valence-corrected chi connectivity index (χ1v) is 9.07. The number of hydrogen-bond acceptors (Lipinski definition) is 4. The van der Waals surface area contributed by atoms with Gasteiger partial charge >= 0.3 is 0 Å². The van der Waals surface area contributed by atoms with Gasteiger partial charge in [0.25, 0.3) is 10.0 Å². The summed E-state index contributed by atoms with van der Waals surface area (Å²) < 4.78 is 27.8. The quantitative estimate of drug-likeness (QED) is 0.867. The van der Waals surface area contributed by atoms with Crippen LogP contribution in [0, 0.1) is 6.92 Å². The van der Waals surface area contributed by atoms with Crippen LogP contribution in [-0.4, -0.2) is 15.5 Å². The number of halogens is 1. The zero-order chi connectivity index (χ0) is 15.6. The van der Waals surface area contributed by atoms with Crippen molar-refractivity contribution in [1.82, 2.24) is 5.32 Å². The number of benzene rings is 1. The van der Waals surface area contributed by atoms with Crippen LogP contribution in [0.1, 0.15) is 24.1 Å². The van der Waals surface area contributed by atoms with Gasteiger partial charge in [0.15, 0.2) is 0 Å². The highest BCUT2D eigenvalue weighted by atomic mass is 35.5. The van der Waals surface area contributed by atoms with Crippen LogP contribution < -0.4 is 10.0 Å². The van der Waals surface area contributed by atoms with E-state index in [0.717, 1.165) is 22.5 Å². The van der Waals surface area contributed by atoms with E-state index in [4.69, 9.17) is 11.6 Å². The van der Waals surface area contributed by atoms with Gasteiger partial charge in [0.2, 0.25) is 0 Å². The Labute approximate surface area is 134 Å². The van der Waals surface area contributed by atoms with E-state index < -0.39 is 10.0 Å². The van der Waals surface area contributed by atoms with Crippen LogP contribution in [0.2, 0.25) is 4.34 Å². The Hall–Kier alpha value is -1.08. The topological polar surface area (TPSA) is 58.2 Å². The predicted molar refractivity (Wildman–Crippen MR) is 88.8 cm³/mol. The minimum absolute atomic E-state index is 0.217. The second-order valence-corrected chi connectivity index (χ2v) is 8.32. The Balaban J connectivity index is 2.20. The summed E-state index contributed by atoms with van der Waals surface area (Å²) in [4.78, 5) is 0. The van der Waals surface area contributed by atoms with E-state index in [0.29, 0.717) is 10.0 Å². The van der Waals surface area contributed by atoms with E-state index in [-0.39, 0.29) is 10.3 Å². The Kier molecular flexibility index (Phi) is 4.93. The van der Waals surface area contributed by atoms with E-state index in [1.54, 1.807) is 25.1 Å². The molecule has 2 rings (SSSR count). The molecule has 1 atom stereocenters. The van der Waals surface area contributed by atoms with Crippen molar-refractivity contribution in [2.45, 2.75) is 24.1 Å². The highest BCUT2D eigenvalue weighted by Gasteiger charge is 2.18. The predicted octanol–water partition coefficient (Wildman–Crippen LogP) is 3.79. The molecule has 0 amide bonds. The summed E-state index contributed by atoms with van der Waals surface area (Å²) in [5.74, 6) is 0. The standard InChI is InChI=1S/C14H17ClN2O2S2/c1-9-8-13(20-14(9)15)21(18,19)17-12-6-4-11(5-7-12)10(2)16-3/h4-8,10,16-17H,1-3H3. The van der Waals surface area contributed by atoms with Gasteiger partial charge in [-0.3, -0.25) is 4.72 Å². The van der Waals surface area contributed by atoms with Crippen molar-refractivity contribution in [3.63, 3.8) is 0 Å². The fourth-order valence-electron chi connectivity index (χ4n) is 1.78. The smallest absolute Gasteiger partial charge is 0.271 e. The molecule has 7 heteroatoms. The molecule has 2 N–H and O–H groups in total. The summed E-state index contributed by atoms with van der Waals surface area (Å²) in [6, 6.07) is 9.09. The minimum atomic E-state index is -3.59. The molecule has 0 aliphatic heterocycles. The second-order valence-electron chi connectivity index (χ2n) is 4.76. The van der Waals surface area contributed by atoms with Crippen LogP contribution in [-0.2, 0) is 10.0 Å². The number of hydrogen-bond donors (Lipinski definition) is 2. The summed E-state index contributed by atoms with van der Waals surface area (Å²) in [6.07, 6.45) is 0. The number of rotatable bonds is 5. The zero-order valence-electron chi connectivity index (χ0n) is 12.0. The molecule has 0 spiro atoms. The fourth-order valence-corrected chi connectivity index (χ4v) is 4.54. The monoisotopic (exact) mass is 344 g/mol. The average Bonchev–Trinajstić information content (AvgIpc) is 2.79. The van der Waals surface area contributed by atoms with Crippen molar-refractivity contribution in [2.75, 3.05) is 11.8 Å². The number of sulfonamides is 1. The van der Waals surface area contributed by atoms with Gasteiger partial charge in [-0.05, 0) is 50.2 Å². The van der Waals surface area contributed by atoms with Gasteiger partial charge in [-0.1, -0.05) is 23.7 Å². The van der Waals surface area contributed by atoms with Crippen LogP contribution >= 0.6 is 22.9 Å². The molecule has 0 radical (unpaired) electrons. The highest BCUT2D eigenvalue weighted by molar-refractivity contribution is 7.94. The first kappa shape index (κ1) is 16.3. The van der Waals surface area contributed by atoms with Crippen LogP contribution in [0.4, 0.5) is 5.69 Å². The highest BCUT2D eigenvalue weighted by Crippen LogP contribution is 2.31. The van der Waals surface area contributed by atoms with Crippen LogP contribution in [0.15, 0.2) is 34.5 Å². The molecule has 2 aromatic rings. The number of thiophene rings is 1. The Morgan fingerprint density at radius 1 is 1.24 bits per heavy atom. The van der Waals surface area contributed by atoms with Crippen molar-refractivity contribution >= 4 is 38.6 Å². The van der Waals surface area contributed by atoms with Crippen LogP contribution in [0.3, 0.4) is 0 Å². The van der Waals surface area contributed by atoms with Gasteiger partial charge in [0.1, 0.15) is 4.21 Å². The molecule has 4 nitrogen and oxygen atoms in total. The van der Waals surface area contributed by atoms with Gasteiger partial charge in [-0.25, -0.2) is 8.42 Å². The fraction of sp³-hybridized carbons (Fsp3) is 0.286. The lowest BCUT2D eigenvalue weighted by Gasteiger charge is -2.12. The summed E-state index contributed by atoms with van der Waals surface area (Å²) in [7, 11) is -1.71. The third-order valence-electron chi connectivity index (χ3n) is 3.20. The van der Waals surface area contributed by atoms with Gasteiger partial charge in [-0.2, -0.15) is 0 Å². The molecule has 0 fully saturated rings. The second kappa shape index (κ2) is 6.36. The van der Waals surface area contributed by atoms with Crippen molar-refractivity contribution in [2.24, 2.45) is 0 Å². The number of nitrogens with one attached hydrogen (secondary N) is 2. The lowest BCUT2D eigenvalue weighted by molar-refractivity contribution is 0.603. The maximum atomic E-state index is 12.3. The van der Waals surface area contributed by atoms with E-state index in [1.807, 2.05) is 26.1 Å². The molecule has 0 aliphatic rings. The summed E-state index contributed by atoms with van der Waals surface area (Å²) in [6.45, 7) is 3.82. The van der Waals surface area contributed by atoms with Gasteiger partial charge in [0.05, 0.1) is 4.34 Å². The van der Waals surface area contributed by atoms with Gasteiger partial charge in [-0.15, -0.1) is 11.3 Å². The number of anilines is 1. The Morgan fingerprint density at radius 3 is 2.33 bits per heavy atom. The van der Waals surface area contributed by atoms with E-state index in [2.05, 4.69) is 10.0 Å². The first-order valence-electron chi connectivity index (χ1n) is 6.39. The molecule has 0 aliphatic carbocycles. The molecule has 1 heterocycles. The minimum Gasteiger partial charge on any atom is -0.313 e. The van der Waals surface area contributed by atoms with E-state index in [1.165, 1.54) is 0 Å². The molecule has 1 unspecified atom stereocenters. The Bertz CT molecular complexity index is 704. The van der Waals surface area contributed by atoms with Crippen LogP contribution in [0.5, 0.6) is 0 Å². The third kappa shape index (κ3) is 3.77. The molecular weight excluding hydrogens is 328 g/mol. The Morgan fingerprint density at radius 2 is 1.86 bits per heavy atom. The van der Waals surface area contributed by atoms with Crippen molar-refractivity contribution in [1.29, 1.82) is 0 Å². The zero-order valence-corrected chi connectivity index (χ0v) is 14.4. The largest absolute Gasteiger partial charge is 0.313 e.